The van der Waals surface area contributed by atoms with Crippen LogP contribution in [0.2, 0.25) is 0 Å². The number of benzene rings is 1. The molecule has 0 bridgehead atoms. The maximum atomic E-state index is 11.3. The molecule has 2 rings (SSSR count). The van der Waals surface area contributed by atoms with Crippen molar-refractivity contribution in [3.8, 4) is 0 Å². The molecule has 0 spiro atoms. The molecule has 0 unspecified atom stereocenters. The van der Waals surface area contributed by atoms with Gasteiger partial charge in [-0.25, -0.2) is 0 Å². The first kappa shape index (κ1) is 14.2. The van der Waals surface area contributed by atoms with Gasteiger partial charge in [-0.15, -0.1) is 5.10 Å². The van der Waals surface area contributed by atoms with Crippen molar-refractivity contribution >= 4 is 27.7 Å². The Morgan fingerprint density at radius 3 is 2.55 bits per heavy atom. The summed E-state index contributed by atoms with van der Waals surface area (Å²) in [5.41, 5.74) is 6.38. The standard InChI is InChI=1S/C12H11BrN4O3/c13-8-4-1-7(2-5-8)3-6-9-10(11(14)18)12(16-15-9)17(19)20/h1-2,4-5H,3,6H2,(H2,14,18)(H,15,16). The fourth-order valence-electron chi connectivity index (χ4n) is 1.85. The molecule has 1 amide bonds. The van der Waals surface area contributed by atoms with Crippen molar-refractivity contribution in [3.05, 3.63) is 55.7 Å². The van der Waals surface area contributed by atoms with Gasteiger partial charge >= 0.3 is 5.82 Å². The molecule has 0 aliphatic heterocycles. The van der Waals surface area contributed by atoms with Crippen molar-refractivity contribution in [1.29, 1.82) is 0 Å². The van der Waals surface area contributed by atoms with Gasteiger partial charge in [-0.2, -0.15) is 0 Å². The number of carbonyl (C=O) groups is 1. The van der Waals surface area contributed by atoms with E-state index in [-0.39, 0.29) is 5.56 Å². The maximum absolute atomic E-state index is 11.3. The molecule has 0 saturated carbocycles. The van der Waals surface area contributed by atoms with Crippen LogP contribution in [0, 0.1) is 10.1 Å². The highest BCUT2D eigenvalue weighted by Crippen LogP contribution is 2.20. The van der Waals surface area contributed by atoms with E-state index >= 15 is 0 Å². The SMILES string of the molecule is NC(=O)c1c(CCc2ccc(Br)cc2)n[nH]c1[N+](=O)[O-]. The highest BCUT2D eigenvalue weighted by Gasteiger charge is 2.25. The van der Waals surface area contributed by atoms with Crippen molar-refractivity contribution in [2.45, 2.75) is 12.8 Å². The second-order valence-electron chi connectivity index (χ2n) is 4.14. The molecule has 1 aromatic carbocycles. The summed E-state index contributed by atoms with van der Waals surface area (Å²) >= 11 is 3.34. The lowest BCUT2D eigenvalue weighted by Gasteiger charge is -2.00. The monoisotopic (exact) mass is 338 g/mol. The summed E-state index contributed by atoms with van der Waals surface area (Å²) in [6.45, 7) is 0. The molecule has 2 aromatic rings. The van der Waals surface area contributed by atoms with E-state index in [1.807, 2.05) is 24.3 Å². The number of halogens is 1. The summed E-state index contributed by atoms with van der Waals surface area (Å²) in [5.74, 6) is -1.31. The van der Waals surface area contributed by atoms with E-state index < -0.39 is 16.6 Å². The van der Waals surface area contributed by atoms with Gasteiger partial charge in [-0.1, -0.05) is 33.2 Å². The number of primary amides is 1. The number of rotatable bonds is 5. The van der Waals surface area contributed by atoms with Crippen LogP contribution in [0.15, 0.2) is 28.7 Å². The molecule has 1 heterocycles. The van der Waals surface area contributed by atoms with Crippen LogP contribution in [-0.4, -0.2) is 21.0 Å². The number of hydrogen-bond acceptors (Lipinski definition) is 4. The lowest BCUT2D eigenvalue weighted by Crippen LogP contribution is -2.14. The van der Waals surface area contributed by atoms with Gasteiger partial charge < -0.3 is 15.8 Å². The average Bonchev–Trinajstić information content (AvgIpc) is 2.82. The zero-order valence-corrected chi connectivity index (χ0v) is 11.9. The van der Waals surface area contributed by atoms with Gasteiger partial charge in [-0.05, 0) is 35.5 Å². The minimum absolute atomic E-state index is 0.146. The first-order valence-electron chi connectivity index (χ1n) is 5.75. The van der Waals surface area contributed by atoms with Crippen LogP contribution in [0.4, 0.5) is 5.82 Å². The van der Waals surface area contributed by atoms with E-state index in [0.29, 0.717) is 18.5 Å². The maximum Gasteiger partial charge on any atom is 0.355 e. The van der Waals surface area contributed by atoms with E-state index in [1.165, 1.54) is 0 Å². The third-order valence-electron chi connectivity index (χ3n) is 2.81. The summed E-state index contributed by atoms with van der Waals surface area (Å²) in [5, 5.41) is 16.8. The average molecular weight is 339 g/mol. The summed E-state index contributed by atoms with van der Waals surface area (Å²) in [6.07, 6.45) is 1.000. The smallest absolute Gasteiger partial charge is 0.355 e. The quantitative estimate of drug-likeness (QED) is 0.640. The summed E-state index contributed by atoms with van der Waals surface area (Å²) < 4.78 is 0.967. The molecule has 8 heteroatoms. The predicted molar refractivity (Wildman–Crippen MR) is 75.3 cm³/mol. The molecule has 0 atom stereocenters. The molecular formula is C12H11BrN4O3. The van der Waals surface area contributed by atoms with Gasteiger partial charge in [0.05, 0.1) is 0 Å². The molecule has 20 heavy (non-hydrogen) atoms. The van der Waals surface area contributed by atoms with Gasteiger partial charge in [-0.3, -0.25) is 4.79 Å². The molecule has 1 aromatic heterocycles. The van der Waals surface area contributed by atoms with E-state index in [4.69, 9.17) is 5.73 Å². The number of aryl methyl sites for hydroxylation is 2. The Hall–Kier alpha value is -2.22. The third-order valence-corrected chi connectivity index (χ3v) is 3.34. The number of nitrogens with zero attached hydrogens (tertiary/aromatic N) is 2. The summed E-state index contributed by atoms with van der Waals surface area (Å²) in [4.78, 5) is 21.4. The Labute approximate surface area is 122 Å². The number of aromatic amines is 1. The Morgan fingerprint density at radius 2 is 2.00 bits per heavy atom. The van der Waals surface area contributed by atoms with Crippen molar-refractivity contribution < 1.29 is 9.72 Å². The molecule has 3 N–H and O–H groups in total. The molecule has 0 aliphatic carbocycles. The molecule has 7 nitrogen and oxygen atoms in total. The lowest BCUT2D eigenvalue weighted by atomic mass is 10.1. The highest BCUT2D eigenvalue weighted by atomic mass is 79.9. The van der Waals surface area contributed by atoms with Crippen LogP contribution in [-0.2, 0) is 12.8 Å². The van der Waals surface area contributed by atoms with Gasteiger partial charge in [0.2, 0.25) is 0 Å². The molecule has 104 valence electrons. The van der Waals surface area contributed by atoms with E-state index in [1.54, 1.807) is 0 Å². The van der Waals surface area contributed by atoms with Crippen LogP contribution in [0.1, 0.15) is 21.6 Å². The number of amides is 1. The second-order valence-corrected chi connectivity index (χ2v) is 5.06. The molecule has 0 aliphatic rings. The van der Waals surface area contributed by atoms with Crippen LogP contribution >= 0.6 is 15.9 Å². The van der Waals surface area contributed by atoms with Gasteiger partial charge in [0.1, 0.15) is 5.69 Å². The Balaban J connectivity index is 2.19. The molecule has 0 fully saturated rings. The number of nitro groups is 1. The number of nitrogens with two attached hydrogens (primary N) is 1. The number of H-pyrrole nitrogens is 1. The number of hydrogen-bond donors (Lipinski definition) is 2. The van der Waals surface area contributed by atoms with Crippen LogP contribution in [0.5, 0.6) is 0 Å². The third kappa shape index (κ3) is 3.02. The first-order chi connectivity index (χ1) is 9.49. The predicted octanol–water partition coefficient (Wildman–Crippen LogP) is 1.96. The Morgan fingerprint density at radius 1 is 1.35 bits per heavy atom. The van der Waals surface area contributed by atoms with E-state index in [9.17, 15) is 14.9 Å². The van der Waals surface area contributed by atoms with E-state index in [2.05, 4.69) is 26.1 Å². The number of aromatic nitrogens is 2. The zero-order valence-electron chi connectivity index (χ0n) is 10.3. The summed E-state index contributed by atoms with van der Waals surface area (Å²) in [7, 11) is 0. The fourth-order valence-corrected chi connectivity index (χ4v) is 2.12. The van der Waals surface area contributed by atoms with Crippen molar-refractivity contribution in [1.82, 2.24) is 10.2 Å². The van der Waals surface area contributed by atoms with Gasteiger partial charge in [0.15, 0.2) is 5.56 Å². The van der Waals surface area contributed by atoms with Crippen molar-refractivity contribution in [3.63, 3.8) is 0 Å². The number of carbonyl (C=O) groups excluding carboxylic acids is 1. The number of nitrogens with one attached hydrogen (secondary N) is 1. The second kappa shape index (κ2) is 5.83. The van der Waals surface area contributed by atoms with E-state index in [0.717, 1.165) is 10.0 Å². The molecule has 0 saturated heterocycles. The first-order valence-corrected chi connectivity index (χ1v) is 6.54. The Kier molecular flexibility index (Phi) is 4.14. The largest absolute Gasteiger partial charge is 0.365 e. The van der Waals surface area contributed by atoms with Crippen LogP contribution in [0.25, 0.3) is 0 Å². The highest BCUT2D eigenvalue weighted by molar-refractivity contribution is 9.10. The molecular weight excluding hydrogens is 328 g/mol. The molecule has 0 radical (unpaired) electrons. The van der Waals surface area contributed by atoms with Crippen molar-refractivity contribution in [2.24, 2.45) is 5.73 Å². The topological polar surface area (TPSA) is 115 Å². The fraction of sp³-hybridized carbons (Fsp3) is 0.167. The lowest BCUT2D eigenvalue weighted by molar-refractivity contribution is -0.389. The minimum Gasteiger partial charge on any atom is -0.365 e. The zero-order chi connectivity index (χ0) is 14.7. The van der Waals surface area contributed by atoms with Crippen LogP contribution in [0.3, 0.4) is 0 Å². The Bertz CT molecular complexity index is 651. The normalized spacial score (nSPS) is 10.4. The van der Waals surface area contributed by atoms with Crippen LogP contribution < -0.4 is 5.73 Å². The van der Waals surface area contributed by atoms with Gasteiger partial charge in [0.25, 0.3) is 5.91 Å². The minimum atomic E-state index is -0.851. The van der Waals surface area contributed by atoms with Gasteiger partial charge in [0, 0.05) is 4.47 Å². The van der Waals surface area contributed by atoms with Crippen molar-refractivity contribution in [2.75, 3.05) is 0 Å². The summed E-state index contributed by atoms with van der Waals surface area (Å²) in [6, 6.07) is 7.65.